The van der Waals surface area contributed by atoms with Gasteiger partial charge in [-0.2, -0.15) is 0 Å². The fourth-order valence-corrected chi connectivity index (χ4v) is 2.63. The summed E-state index contributed by atoms with van der Waals surface area (Å²) in [6.45, 7) is 4.25. The van der Waals surface area contributed by atoms with E-state index in [1.54, 1.807) is 11.3 Å². The zero-order valence-electron chi connectivity index (χ0n) is 9.91. The molecule has 0 aliphatic heterocycles. The van der Waals surface area contributed by atoms with Crippen LogP contribution in [0, 0.1) is 6.92 Å². The van der Waals surface area contributed by atoms with E-state index in [1.807, 2.05) is 7.05 Å². The summed E-state index contributed by atoms with van der Waals surface area (Å²) >= 11 is 1.77. The first-order valence-corrected chi connectivity index (χ1v) is 6.44. The number of aryl methyl sites for hydroxylation is 2. The van der Waals surface area contributed by atoms with Gasteiger partial charge in [0, 0.05) is 11.3 Å². The van der Waals surface area contributed by atoms with E-state index in [0.717, 1.165) is 17.9 Å². The Kier molecular flexibility index (Phi) is 3.46. The maximum Gasteiger partial charge on any atom is 0.125 e. The summed E-state index contributed by atoms with van der Waals surface area (Å²) in [5.74, 6) is 2.05. The van der Waals surface area contributed by atoms with Crippen LogP contribution in [0.1, 0.15) is 34.9 Å². The molecule has 1 unspecified atom stereocenters. The number of furan rings is 1. The molecule has 2 aromatic rings. The third kappa shape index (κ3) is 2.06. The largest absolute Gasteiger partial charge is 0.464 e. The smallest absolute Gasteiger partial charge is 0.125 e. The lowest BCUT2D eigenvalue weighted by atomic mass is 10.1. The quantitative estimate of drug-likeness (QED) is 0.877. The van der Waals surface area contributed by atoms with Gasteiger partial charge in [0.15, 0.2) is 0 Å². The average molecular weight is 235 g/mol. The lowest BCUT2D eigenvalue weighted by Crippen LogP contribution is -2.17. The lowest BCUT2D eigenvalue weighted by molar-refractivity contribution is 0.434. The van der Waals surface area contributed by atoms with Crippen molar-refractivity contribution in [3.63, 3.8) is 0 Å². The second-order valence-corrected chi connectivity index (χ2v) is 4.93. The summed E-state index contributed by atoms with van der Waals surface area (Å²) in [4.78, 5) is 1.34. The standard InChI is InChI=1S/C13H17NOS/c1-4-10-5-6-12(15-10)13(14-3)11-7-8-16-9(11)2/h5-8,13-14H,4H2,1-3H3. The van der Waals surface area contributed by atoms with Gasteiger partial charge in [-0.25, -0.2) is 0 Å². The SMILES string of the molecule is CCc1ccc(C(NC)c2ccsc2C)o1. The Morgan fingerprint density at radius 3 is 2.69 bits per heavy atom. The van der Waals surface area contributed by atoms with Crippen LogP contribution in [0.4, 0.5) is 0 Å². The van der Waals surface area contributed by atoms with E-state index in [1.165, 1.54) is 10.4 Å². The van der Waals surface area contributed by atoms with Crippen LogP contribution in [0.3, 0.4) is 0 Å². The van der Waals surface area contributed by atoms with Crippen molar-refractivity contribution >= 4 is 11.3 Å². The minimum atomic E-state index is 0.173. The van der Waals surface area contributed by atoms with Crippen LogP contribution in [0.25, 0.3) is 0 Å². The number of thiophene rings is 1. The number of hydrogen-bond donors (Lipinski definition) is 1. The second-order valence-electron chi connectivity index (χ2n) is 3.81. The molecule has 16 heavy (non-hydrogen) atoms. The maximum atomic E-state index is 5.81. The first kappa shape index (κ1) is 11.4. The first-order chi connectivity index (χ1) is 7.76. The molecule has 2 aromatic heterocycles. The molecule has 0 fully saturated rings. The Morgan fingerprint density at radius 2 is 2.19 bits per heavy atom. The molecule has 2 rings (SSSR count). The Morgan fingerprint density at radius 1 is 1.38 bits per heavy atom. The molecule has 0 bridgehead atoms. The minimum Gasteiger partial charge on any atom is -0.464 e. The number of rotatable bonds is 4. The van der Waals surface area contributed by atoms with Crippen molar-refractivity contribution in [2.45, 2.75) is 26.3 Å². The fraction of sp³-hybridized carbons (Fsp3) is 0.385. The molecule has 0 radical (unpaired) electrons. The fourth-order valence-electron chi connectivity index (χ4n) is 1.88. The van der Waals surface area contributed by atoms with Crippen molar-refractivity contribution in [2.24, 2.45) is 0 Å². The first-order valence-electron chi connectivity index (χ1n) is 5.56. The molecule has 1 atom stereocenters. The normalized spacial score (nSPS) is 12.9. The molecule has 0 aliphatic rings. The van der Waals surface area contributed by atoms with Crippen LogP contribution in [-0.4, -0.2) is 7.05 Å². The molecule has 0 saturated heterocycles. The van der Waals surface area contributed by atoms with Gasteiger partial charge in [-0.3, -0.25) is 0 Å². The van der Waals surface area contributed by atoms with E-state index in [-0.39, 0.29) is 6.04 Å². The van der Waals surface area contributed by atoms with Gasteiger partial charge in [0.1, 0.15) is 11.5 Å². The van der Waals surface area contributed by atoms with Gasteiger partial charge in [0.2, 0.25) is 0 Å². The van der Waals surface area contributed by atoms with Crippen LogP contribution < -0.4 is 5.32 Å². The third-order valence-electron chi connectivity index (χ3n) is 2.81. The molecule has 0 aliphatic carbocycles. The van der Waals surface area contributed by atoms with Crippen molar-refractivity contribution in [2.75, 3.05) is 7.05 Å². The molecule has 0 spiro atoms. The zero-order valence-corrected chi connectivity index (χ0v) is 10.7. The highest BCUT2D eigenvalue weighted by molar-refractivity contribution is 7.10. The Hall–Kier alpha value is -1.06. The summed E-state index contributed by atoms with van der Waals surface area (Å²) in [5.41, 5.74) is 1.31. The predicted octanol–water partition coefficient (Wildman–Crippen LogP) is 3.52. The lowest BCUT2D eigenvalue weighted by Gasteiger charge is -2.13. The van der Waals surface area contributed by atoms with Crippen LogP contribution in [0.15, 0.2) is 28.0 Å². The number of nitrogens with one attached hydrogen (secondary N) is 1. The van der Waals surface area contributed by atoms with Crippen LogP contribution >= 0.6 is 11.3 Å². The van der Waals surface area contributed by atoms with E-state index in [2.05, 4.69) is 42.7 Å². The molecule has 1 N–H and O–H groups in total. The molecule has 2 nitrogen and oxygen atoms in total. The molecule has 0 amide bonds. The van der Waals surface area contributed by atoms with Crippen molar-refractivity contribution in [1.29, 1.82) is 0 Å². The van der Waals surface area contributed by atoms with Crippen molar-refractivity contribution < 1.29 is 4.42 Å². The van der Waals surface area contributed by atoms with Crippen LogP contribution in [0.5, 0.6) is 0 Å². The van der Waals surface area contributed by atoms with Gasteiger partial charge in [0.05, 0.1) is 6.04 Å². The molecule has 3 heteroatoms. The monoisotopic (exact) mass is 235 g/mol. The van der Waals surface area contributed by atoms with E-state index in [4.69, 9.17) is 4.42 Å². The Labute approximate surface area is 100 Å². The Bertz CT molecular complexity index is 458. The molecule has 0 saturated carbocycles. The van der Waals surface area contributed by atoms with Gasteiger partial charge < -0.3 is 9.73 Å². The van der Waals surface area contributed by atoms with Gasteiger partial charge in [-0.1, -0.05) is 6.92 Å². The maximum absolute atomic E-state index is 5.81. The third-order valence-corrected chi connectivity index (χ3v) is 3.68. The van der Waals surface area contributed by atoms with E-state index in [0.29, 0.717) is 0 Å². The molecular formula is C13H17NOS. The molecule has 86 valence electrons. The van der Waals surface area contributed by atoms with Gasteiger partial charge in [0.25, 0.3) is 0 Å². The van der Waals surface area contributed by atoms with Gasteiger partial charge >= 0.3 is 0 Å². The minimum absolute atomic E-state index is 0.173. The average Bonchev–Trinajstić information content (AvgIpc) is 2.90. The zero-order chi connectivity index (χ0) is 11.5. The summed E-state index contributed by atoms with van der Waals surface area (Å²) in [5, 5.41) is 5.44. The summed E-state index contributed by atoms with van der Waals surface area (Å²) < 4.78 is 5.81. The highest BCUT2D eigenvalue weighted by atomic mass is 32.1. The summed E-state index contributed by atoms with van der Waals surface area (Å²) in [6.07, 6.45) is 0.944. The van der Waals surface area contributed by atoms with Crippen molar-refractivity contribution in [1.82, 2.24) is 5.32 Å². The highest BCUT2D eigenvalue weighted by Gasteiger charge is 2.18. The number of hydrogen-bond acceptors (Lipinski definition) is 3. The van der Waals surface area contributed by atoms with Crippen molar-refractivity contribution in [3.8, 4) is 0 Å². The summed E-state index contributed by atoms with van der Waals surface area (Å²) in [6, 6.07) is 6.46. The van der Waals surface area contributed by atoms with Gasteiger partial charge in [-0.15, -0.1) is 11.3 Å². The molecule has 0 aromatic carbocycles. The van der Waals surface area contributed by atoms with Crippen LogP contribution in [0.2, 0.25) is 0 Å². The van der Waals surface area contributed by atoms with Gasteiger partial charge in [-0.05, 0) is 43.1 Å². The Balaban J connectivity index is 2.32. The predicted molar refractivity (Wildman–Crippen MR) is 68.0 cm³/mol. The molecule has 2 heterocycles. The van der Waals surface area contributed by atoms with E-state index in [9.17, 15) is 0 Å². The topological polar surface area (TPSA) is 25.2 Å². The van der Waals surface area contributed by atoms with E-state index >= 15 is 0 Å². The second kappa shape index (κ2) is 4.85. The van der Waals surface area contributed by atoms with Crippen LogP contribution in [-0.2, 0) is 6.42 Å². The summed E-state index contributed by atoms with van der Waals surface area (Å²) in [7, 11) is 1.97. The molecular weight excluding hydrogens is 218 g/mol. The highest BCUT2D eigenvalue weighted by Crippen LogP contribution is 2.29. The van der Waals surface area contributed by atoms with Crippen molar-refractivity contribution in [3.05, 3.63) is 45.5 Å². The van der Waals surface area contributed by atoms with E-state index < -0.39 is 0 Å².